The molecule has 240 valence electrons. The molecule has 2 heteroatoms. The van der Waals surface area contributed by atoms with Crippen molar-refractivity contribution in [1.29, 1.82) is 0 Å². The molecule has 0 aromatic heterocycles. The summed E-state index contributed by atoms with van der Waals surface area (Å²) in [7, 11) is 0. The molecule has 1 spiro atoms. The summed E-state index contributed by atoms with van der Waals surface area (Å²) in [5, 5.41) is 0. The van der Waals surface area contributed by atoms with E-state index in [1.54, 1.807) is 0 Å². The molecule has 0 saturated heterocycles. The van der Waals surface area contributed by atoms with E-state index in [1.165, 1.54) is 44.5 Å². The number of anilines is 3. The summed E-state index contributed by atoms with van der Waals surface area (Å²) in [6.07, 6.45) is 0. The molecule has 51 heavy (non-hydrogen) atoms. The van der Waals surface area contributed by atoms with Crippen LogP contribution in [0.4, 0.5) is 17.1 Å². The van der Waals surface area contributed by atoms with Gasteiger partial charge < -0.3 is 9.64 Å². The molecule has 2 nitrogen and oxygen atoms in total. The molecule has 10 rings (SSSR count). The quantitative estimate of drug-likeness (QED) is 0.184. The Hall–Kier alpha value is -6.64. The highest BCUT2D eigenvalue weighted by Crippen LogP contribution is 2.63. The van der Waals surface area contributed by atoms with Crippen LogP contribution in [-0.4, -0.2) is 0 Å². The van der Waals surface area contributed by atoms with Crippen LogP contribution in [0.2, 0.25) is 0 Å². The van der Waals surface area contributed by atoms with Gasteiger partial charge >= 0.3 is 0 Å². The van der Waals surface area contributed by atoms with Gasteiger partial charge in [-0.15, -0.1) is 0 Å². The van der Waals surface area contributed by atoms with Gasteiger partial charge in [0.2, 0.25) is 0 Å². The molecule has 0 radical (unpaired) electrons. The second-order valence-corrected chi connectivity index (χ2v) is 13.3. The maximum absolute atomic E-state index is 6.75. The number of ether oxygens (including phenoxy) is 1. The highest BCUT2D eigenvalue weighted by atomic mass is 16.5. The van der Waals surface area contributed by atoms with Crippen molar-refractivity contribution < 1.29 is 4.74 Å². The molecule has 8 aromatic rings. The zero-order valence-electron chi connectivity index (χ0n) is 27.9. The van der Waals surface area contributed by atoms with Crippen molar-refractivity contribution in [1.82, 2.24) is 0 Å². The highest BCUT2D eigenvalue weighted by molar-refractivity contribution is 5.92. The molecule has 1 aliphatic heterocycles. The normalized spacial score (nSPS) is 14.9. The van der Waals surface area contributed by atoms with Crippen LogP contribution >= 0.6 is 0 Å². The first-order valence-corrected chi connectivity index (χ1v) is 17.5. The van der Waals surface area contributed by atoms with Gasteiger partial charge in [-0.05, 0) is 99.1 Å². The first-order chi connectivity index (χ1) is 25.3. The fraction of sp³-hybridized carbons (Fsp3) is 0.0204. The van der Waals surface area contributed by atoms with Gasteiger partial charge in [-0.25, -0.2) is 0 Å². The van der Waals surface area contributed by atoms with Crippen LogP contribution in [0.1, 0.15) is 22.3 Å². The zero-order chi connectivity index (χ0) is 33.8. The summed E-state index contributed by atoms with van der Waals surface area (Å²) in [6.45, 7) is 0. The summed E-state index contributed by atoms with van der Waals surface area (Å²) in [5.41, 5.74) is 14.8. The maximum atomic E-state index is 6.75. The van der Waals surface area contributed by atoms with Crippen LogP contribution in [0.5, 0.6) is 11.5 Å². The maximum Gasteiger partial charge on any atom is 0.132 e. The van der Waals surface area contributed by atoms with E-state index in [2.05, 4.69) is 205 Å². The first kappa shape index (κ1) is 29.3. The van der Waals surface area contributed by atoms with E-state index in [0.717, 1.165) is 39.7 Å². The Morgan fingerprint density at radius 2 is 0.863 bits per heavy atom. The zero-order valence-corrected chi connectivity index (χ0v) is 27.9. The van der Waals surface area contributed by atoms with Crippen LogP contribution < -0.4 is 9.64 Å². The molecule has 1 heterocycles. The lowest BCUT2D eigenvalue weighted by Crippen LogP contribution is -2.32. The predicted octanol–water partition coefficient (Wildman–Crippen LogP) is 13.0. The van der Waals surface area contributed by atoms with Crippen LogP contribution in [0.3, 0.4) is 0 Å². The van der Waals surface area contributed by atoms with E-state index in [4.69, 9.17) is 4.74 Å². The Morgan fingerprint density at radius 1 is 0.314 bits per heavy atom. The predicted molar refractivity (Wildman–Crippen MR) is 209 cm³/mol. The number of hydrogen-bond acceptors (Lipinski definition) is 2. The number of fused-ring (bicyclic) bond motifs is 9. The van der Waals surface area contributed by atoms with E-state index in [0.29, 0.717) is 0 Å². The third-order valence-electron chi connectivity index (χ3n) is 10.5. The summed E-state index contributed by atoms with van der Waals surface area (Å²) >= 11 is 0. The van der Waals surface area contributed by atoms with Gasteiger partial charge in [-0.2, -0.15) is 0 Å². The molecule has 2 aliphatic rings. The SMILES string of the molecule is c1ccc(-c2cccc(N(c3ccccc3)c3ccc4c(c3)C3(c5ccccc5Oc5ccc(-c6ccccc6)cc53)c3ccccc3-4)c2)cc1. The lowest BCUT2D eigenvalue weighted by molar-refractivity contribution is 0.436. The topological polar surface area (TPSA) is 12.5 Å². The van der Waals surface area contributed by atoms with Gasteiger partial charge in [0.05, 0.1) is 5.41 Å². The molecule has 0 N–H and O–H groups in total. The number of hydrogen-bond donors (Lipinski definition) is 0. The van der Waals surface area contributed by atoms with E-state index in [1.807, 2.05) is 0 Å². The summed E-state index contributed by atoms with van der Waals surface area (Å²) in [5.74, 6) is 1.78. The Balaban J connectivity index is 1.25. The summed E-state index contributed by atoms with van der Waals surface area (Å²) in [6, 6.07) is 72.1. The van der Waals surface area contributed by atoms with Gasteiger partial charge in [0.1, 0.15) is 11.5 Å². The van der Waals surface area contributed by atoms with Crippen molar-refractivity contribution in [2.75, 3.05) is 4.90 Å². The van der Waals surface area contributed by atoms with Gasteiger partial charge in [0, 0.05) is 28.2 Å². The smallest absolute Gasteiger partial charge is 0.132 e. The minimum absolute atomic E-state index is 0.592. The fourth-order valence-electron chi connectivity index (χ4n) is 8.32. The number of rotatable bonds is 5. The van der Waals surface area contributed by atoms with E-state index in [9.17, 15) is 0 Å². The largest absolute Gasteiger partial charge is 0.457 e. The molecule has 0 fully saturated rings. The van der Waals surface area contributed by atoms with Crippen LogP contribution in [0, 0.1) is 0 Å². The fourth-order valence-corrected chi connectivity index (χ4v) is 8.32. The molecular weight excluding hydrogens is 619 g/mol. The van der Waals surface area contributed by atoms with Crippen LogP contribution in [-0.2, 0) is 5.41 Å². The Kier molecular flexibility index (Phi) is 6.75. The first-order valence-electron chi connectivity index (χ1n) is 17.5. The molecular formula is C49H33NO. The van der Waals surface area contributed by atoms with Crippen molar-refractivity contribution in [3.8, 4) is 44.9 Å². The minimum Gasteiger partial charge on any atom is -0.457 e. The molecule has 8 aromatic carbocycles. The van der Waals surface area contributed by atoms with E-state index < -0.39 is 5.41 Å². The van der Waals surface area contributed by atoms with E-state index >= 15 is 0 Å². The molecule has 1 atom stereocenters. The third kappa shape index (κ3) is 4.57. The van der Waals surface area contributed by atoms with Crippen LogP contribution in [0.25, 0.3) is 33.4 Å². The number of nitrogens with zero attached hydrogens (tertiary/aromatic N) is 1. The standard InChI is InChI=1S/C49H33NO/c1-4-15-34(16-5-1)36-19-14-22-39(31-36)50(38-20-8-3-9-21-38)40-28-29-42-41-23-10-11-24-43(41)49(45(42)33-40)44-25-12-13-26-47(44)51-48-30-27-37(32-46(48)49)35-17-6-2-7-18-35/h1-33H. The Bertz CT molecular complexity index is 2560. The minimum atomic E-state index is -0.592. The average Bonchev–Trinajstić information content (AvgIpc) is 3.49. The molecule has 1 aliphatic carbocycles. The number of para-hydroxylation sites is 2. The molecule has 1 unspecified atom stereocenters. The monoisotopic (exact) mass is 651 g/mol. The van der Waals surface area contributed by atoms with Gasteiger partial charge in [-0.3, -0.25) is 0 Å². The molecule has 0 saturated carbocycles. The Labute approximate surface area is 298 Å². The van der Waals surface area contributed by atoms with Gasteiger partial charge in [-0.1, -0.05) is 146 Å². The third-order valence-corrected chi connectivity index (χ3v) is 10.5. The lowest BCUT2D eigenvalue weighted by Gasteiger charge is -2.40. The Morgan fingerprint density at radius 3 is 1.63 bits per heavy atom. The van der Waals surface area contributed by atoms with Crippen molar-refractivity contribution in [3.63, 3.8) is 0 Å². The van der Waals surface area contributed by atoms with Gasteiger partial charge in [0.15, 0.2) is 0 Å². The number of benzene rings is 8. The van der Waals surface area contributed by atoms with Crippen molar-refractivity contribution >= 4 is 17.1 Å². The van der Waals surface area contributed by atoms with Crippen LogP contribution in [0.15, 0.2) is 200 Å². The molecule has 0 bridgehead atoms. The van der Waals surface area contributed by atoms with Crippen molar-refractivity contribution in [2.45, 2.75) is 5.41 Å². The van der Waals surface area contributed by atoms with Crippen molar-refractivity contribution in [3.05, 3.63) is 222 Å². The second kappa shape index (κ2) is 11.8. The lowest BCUT2D eigenvalue weighted by atomic mass is 9.65. The molecule has 0 amide bonds. The highest BCUT2D eigenvalue weighted by Gasteiger charge is 2.51. The summed E-state index contributed by atoms with van der Waals surface area (Å²) < 4.78 is 6.75. The average molecular weight is 652 g/mol. The summed E-state index contributed by atoms with van der Waals surface area (Å²) in [4.78, 5) is 2.38. The van der Waals surface area contributed by atoms with E-state index in [-0.39, 0.29) is 0 Å². The van der Waals surface area contributed by atoms with Crippen molar-refractivity contribution in [2.24, 2.45) is 0 Å². The second-order valence-electron chi connectivity index (χ2n) is 13.3. The van der Waals surface area contributed by atoms with Gasteiger partial charge in [0.25, 0.3) is 0 Å².